The Morgan fingerprint density at radius 1 is 1.30 bits per heavy atom. The van der Waals surface area contributed by atoms with Gasteiger partial charge in [-0.15, -0.1) is 0 Å². The lowest BCUT2D eigenvalue weighted by Crippen LogP contribution is -2.37. The molecule has 0 spiro atoms. The molecule has 0 bridgehead atoms. The molecule has 1 aliphatic rings. The monoisotopic (exact) mass is 475 g/mol. The Morgan fingerprint density at radius 2 is 2.10 bits per heavy atom. The van der Waals surface area contributed by atoms with E-state index in [4.69, 9.17) is 4.74 Å². The smallest absolute Gasteiger partial charge is 0.332 e. The number of carbonyl (C=O) groups excluding carboxylic acids is 1. The zero-order valence-electron chi connectivity index (χ0n) is 16.7. The van der Waals surface area contributed by atoms with Crippen LogP contribution in [-0.2, 0) is 25.4 Å². The number of halogens is 1. The Morgan fingerprint density at radius 3 is 2.90 bits per heavy atom. The van der Waals surface area contributed by atoms with Crippen LogP contribution in [0.15, 0.2) is 38.6 Å². The first-order chi connectivity index (χ1) is 14.4. The minimum absolute atomic E-state index is 0.0578. The lowest BCUT2D eigenvalue weighted by atomic mass is 10.0. The zero-order chi connectivity index (χ0) is 21.4. The van der Waals surface area contributed by atoms with E-state index >= 15 is 0 Å². The van der Waals surface area contributed by atoms with Gasteiger partial charge in [0.2, 0.25) is 5.91 Å². The molecule has 0 radical (unpaired) electrons. The molecular weight excluding hydrogens is 454 g/mol. The Hall–Kier alpha value is -2.88. The molecule has 10 heteroatoms. The standard InChI is InChI=1S/C20H22BrN5O4/c1-24-18-17(19(28)25(2)20(24)29)26(11-22-18)8-3-4-16(27)23-14-7-9-30-15-6-5-12(21)10-13(14)15/h5-6,10-11,14H,3-4,7-9H2,1-2H3,(H,23,27). The quantitative estimate of drug-likeness (QED) is 0.604. The summed E-state index contributed by atoms with van der Waals surface area (Å²) in [5.41, 5.74) is 0.870. The van der Waals surface area contributed by atoms with Gasteiger partial charge in [-0.3, -0.25) is 18.7 Å². The Bertz CT molecular complexity index is 1240. The van der Waals surface area contributed by atoms with Gasteiger partial charge >= 0.3 is 5.69 Å². The topological polar surface area (TPSA) is 100 Å². The number of ether oxygens (including phenoxy) is 1. The van der Waals surface area contributed by atoms with Crippen LogP contribution in [0.2, 0.25) is 0 Å². The van der Waals surface area contributed by atoms with Crippen molar-refractivity contribution in [3.05, 3.63) is 55.4 Å². The van der Waals surface area contributed by atoms with E-state index in [1.807, 2.05) is 18.2 Å². The molecule has 3 aromatic rings. The Labute approximate surface area is 180 Å². The third-order valence-electron chi connectivity index (χ3n) is 5.37. The van der Waals surface area contributed by atoms with Crippen molar-refractivity contribution in [3.63, 3.8) is 0 Å². The van der Waals surface area contributed by atoms with Crippen LogP contribution in [0, 0.1) is 0 Å². The van der Waals surface area contributed by atoms with Crippen LogP contribution in [-0.4, -0.2) is 31.2 Å². The molecule has 0 aliphatic carbocycles. The van der Waals surface area contributed by atoms with Gasteiger partial charge in [0.1, 0.15) is 5.75 Å². The summed E-state index contributed by atoms with van der Waals surface area (Å²) in [4.78, 5) is 41.2. The number of carbonyl (C=O) groups is 1. The Kier molecular flexibility index (Phi) is 5.50. The normalized spacial score (nSPS) is 15.6. The number of fused-ring (bicyclic) bond motifs is 2. The molecule has 1 atom stereocenters. The lowest BCUT2D eigenvalue weighted by molar-refractivity contribution is -0.122. The highest BCUT2D eigenvalue weighted by Crippen LogP contribution is 2.34. The molecule has 0 saturated carbocycles. The van der Waals surface area contributed by atoms with Gasteiger partial charge in [-0.25, -0.2) is 9.78 Å². The van der Waals surface area contributed by atoms with Crippen LogP contribution < -0.4 is 21.3 Å². The summed E-state index contributed by atoms with van der Waals surface area (Å²) in [5, 5.41) is 3.08. The van der Waals surface area contributed by atoms with Crippen molar-refractivity contribution in [1.82, 2.24) is 24.0 Å². The average Bonchev–Trinajstić information content (AvgIpc) is 3.15. The molecule has 158 valence electrons. The van der Waals surface area contributed by atoms with Crippen molar-refractivity contribution < 1.29 is 9.53 Å². The number of hydrogen-bond acceptors (Lipinski definition) is 5. The van der Waals surface area contributed by atoms with Crippen molar-refractivity contribution >= 4 is 33.0 Å². The number of amides is 1. The number of imidazole rings is 1. The third kappa shape index (κ3) is 3.67. The van der Waals surface area contributed by atoms with Crippen molar-refractivity contribution in [3.8, 4) is 5.75 Å². The van der Waals surface area contributed by atoms with Gasteiger partial charge in [-0.1, -0.05) is 15.9 Å². The SMILES string of the molecule is Cn1c(=O)c2c(ncn2CCCC(=O)NC2CCOc3ccc(Br)cc32)n(C)c1=O. The van der Waals surface area contributed by atoms with Crippen molar-refractivity contribution in [2.24, 2.45) is 14.1 Å². The fourth-order valence-corrected chi connectivity index (χ4v) is 4.14. The molecule has 1 amide bonds. The molecule has 0 saturated heterocycles. The van der Waals surface area contributed by atoms with E-state index in [0.717, 1.165) is 20.4 Å². The van der Waals surface area contributed by atoms with Crippen LogP contribution in [0.25, 0.3) is 11.2 Å². The van der Waals surface area contributed by atoms with Crippen LogP contribution in [0.5, 0.6) is 5.75 Å². The van der Waals surface area contributed by atoms with Gasteiger partial charge in [0.05, 0.1) is 19.0 Å². The van der Waals surface area contributed by atoms with Gasteiger partial charge in [0, 0.05) is 43.5 Å². The molecule has 3 heterocycles. The summed E-state index contributed by atoms with van der Waals surface area (Å²) >= 11 is 3.46. The largest absolute Gasteiger partial charge is 0.493 e. The second kappa shape index (κ2) is 8.10. The molecule has 2 aromatic heterocycles. The lowest BCUT2D eigenvalue weighted by Gasteiger charge is -2.27. The van der Waals surface area contributed by atoms with Crippen molar-refractivity contribution in [1.29, 1.82) is 0 Å². The highest BCUT2D eigenvalue weighted by Gasteiger charge is 2.23. The molecule has 0 fully saturated rings. The summed E-state index contributed by atoms with van der Waals surface area (Å²) in [6.45, 7) is 1.01. The molecule has 4 rings (SSSR count). The van der Waals surface area contributed by atoms with E-state index in [2.05, 4.69) is 26.2 Å². The highest BCUT2D eigenvalue weighted by molar-refractivity contribution is 9.10. The maximum atomic E-state index is 12.5. The number of hydrogen-bond donors (Lipinski definition) is 1. The van der Waals surface area contributed by atoms with Crippen LogP contribution in [0.4, 0.5) is 0 Å². The molecular formula is C20H22BrN5O4. The van der Waals surface area contributed by atoms with Crippen LogP contribution in [0.3, 0.4) is 0 Å². The first-order valence-electron chi connectivity index (χ1n) is 9.69. The number of rotatable bonds is 5. The van der Waals surface area contributed by atoms with Crippen LogP contribution >= 0.6 is 15.9 Å². The zero-order valence-corrected chi connectivity index (χ0v) is 18.3. The summed E-state index contributed by atoms with van der Waals surface area (Å²) in [7, 11) is 3.03. The number of benzene rings is 1. The maximum Gasteiger partial charge on any atom is 0.332 e. The fourth-order valence-electron chi connectivity index (χ4n) is 3.76. The van der Waals surface area contributed by atoms with Gasteiger partial charge < -0.3 is 14.6 Å². The van der Waals surface area contributed by atoms with E-state index in [0.29, 0.717) is 43.6 Å². The van der Waals surface area contributed by atoms with Gasteiger partial charge in [0.15, 0.2) is 11.2 Å². The minimum Gasteiger partial charge on any atom is -0.493 e. The average molecular weight is 476 g/mol. The summed E-state index contributed by atoms with van der Waals surface area (Å²) in [5.74, 6) is 0.735. The second-order valence-corrected chi connectivity index (χ2v) is 8.27. The van der Waals surface area contributed by atoms with Crippen molar-refractivity contribution in [2.75, 3.05) is 6.61 Å². The number of aromatic nitrogens is 4. The number of nitrogens with one attached hydrogen (secondary N) is 1. The van der Waals surface area contributed by atoms with Gasteiger partial charge in [0.25, 0.3) is 5.56 Å². The minimum atomic E-state index is -0.416. The summed E-state index contributed by atoms with van der Waals surface area (Å²) < 4.78 is 10.7. The number of nitrogens with zero attached hydrogens (tertiary/aromatic N) is 4. The predicted octanol–water partition coefficient (Wildman–Crippen LogP) is 1.62. The first kappa shape index (κ1) is 20.4. The molecule has 1 unspecified atom stereocenters. The highest BCUT2D eigenvalue weighted by atomic mass is 79.9. The predicted molar refractivity (Wildman–Crippen MR) is 115 cm³/mol. The molecule has 1 aromatic carbocycles. The van der Waals surface area contributed by atoms with E-state index < -0.39 is 5.69 Å². The third-order valence-corrected chi connectivity index (χ3v) is 5.86. The molecule has 1 N–H and O–H groups in total. The van der Waals surface area contributed by atoms with E-state index in [-0.39, 0.29) is 17.5 Å². The summed E-state index contributed by atoms with van der Waals surface area (Å²) in [6, 6.07) is 5.69. The second-order valence-electron chi connectivity index (χ2n) is 7.36. The van der Waals surface area contributed by atoms with E-state index in [1.54, 1.807) is 11.6 Å². The fraction of sp³-hybridized carbons (Fsp3) is 0.400. The van der Waals surface area contributed by atoms with Crippen LogP contribution in [0.1, 0.15) is 30.9 Å². The maximum absolute atomic E-state index is 12.5. The Balaban J connectivity index is 1.43. The number of aryl methyl sites for hydroxylation is 2. The van der Waals surface area contributed by atoms with Gasteiger partial charge in [-0.2, -0.15) is 0 Å². The van der Waals surface area contributed by atoms with E-state index in [9.17, 15) is 14.4 Å². The molecule has 30 heavy (non-hydrogen) atoms. The van der Waals surface area contributed by atoms with Crippen molar-refractivity contribution in [2.45, 2.75) is 31.8 Å². The van der Waals surface area contributed by atoms with E-state index in [1.165, 1.54) is 17.9 Å². The van der Waals surface area contributed by atoms with Gasteiger partial charge in [-0.05, 0) is 24.6 Å². The first-order valence-corrected chi connectivity index (χ1v) is 10.5. The molecule has 1 aliphatic heterocycles. The molecule has 9 nitrogen and oxygen atoms in total. The summed E-state index contributed by atoms with van der Waals surface area (Å²) in [6.07, 6.45) is 3.10.